The van der Waals surface area contributed by atoms with E-state index in [1.165, 1.54) is 0 Å². The molecule has 0 aromatic heterocycles. The Kier molecular flexibility index (Phi) is 15.2. The van der Waals surface area contributed by atoms with Crippen LogP contribution in [0.2, 0.25) is 0 Å². The van der Waals surface area contributed by atoms with Crippen LogP contribution in [0.3, 0.4) is 0 Å². The number of carbonyl (C=O) groups is 2. The Labute approximate surface area is 120 Å². The molecule has 0 spiro atoms. The van der Waals surface area contributed by atoms with Gasteiger partial charge in [-0.3, -0.25) is 9.59 Å². The SMILES string of the molecule is CCOCCC(=O)CNCCOCCOCCNC=O. The molecule has 7 nitrogen and oxygen atoms in total. The third kappa shape index (κ3) is 15.0. The molecule has 0 aliphatic heterocycles. The van der Waals surface area contributed by atoms with Gasteiger partial charge in [-0.25, -0.2) is 0 Å². The number of Topliss-reactive ketones (excluding diaryl/α,β-unsaturated/α-hetero) is 1. The van der Waals surface area contributed by atoms with E-state index >= 15 is 0 Å². The van der Waals surface area contributed by atoms with Crippen molar-refractivity contribution < 1.29 is 23.8 Å². The monoisotopic (exact) mass is 290 g/mol. The maximum Gasteiger partial charge on any atom is 0.207 e. The molecule has 0 aromatic carbocycles. The predicted octanol–water partition coefficient (Wildman–Crippen LogP) is -0.649. The normalized spacial score (nSPS) is 10.4. The number of carbonyl (C=O) groups excluding carboxylic acids is 2. The van der Waals surface area contributed by atoms with Crippen LogP contribution in [-0.2, 0) is 23.8 Å². The molecule has 7 heteroatoms. The van der Waals surface area contributed by atoms with Crippen LogP contribution in [0.1, 0.15) is 13.3 Å². The smallest absolute Gasteiger partial charge is 0.207 e. The maximum absolute atomic E-state index is 11.3. The van der Waals surface area contributed by atoms with E-state index in [9.17, 15) is 9.59 Å². The summed E-state index contributed by atoms with van der Waals surface area (Å²) in [6.45, 7) is 6.54. The average Bonchev–Trinajstić information content (AvgIpc) is 2.45. The number of nitrogens with one attached hydrogen (secondary N) is 2. The molecule has 0 heterocycles. The lowest BCUT2D eigenvalue weighted by atomic mass is 10.3. The molecule has 0 rings (SSSR count). The third-order valence-corrected chi connectivity index (χ3v) is 2.32. The highest BCUT2D eigenvalue weighted by Gasteiger charge is 2.00. The molecule has 0 atom stereocenters. The highest BCUT2D eigenvalue weighted by molar-refractivity contribution is 5.80. The summed E-state index contributed by atoms with van der Waals surface area (Å²) in [5, 5.41) is 5.51. The van der Waals surface area contributed by atoms with E-state index in [1.807, 2.05) is 6.92 Å². The number of ether oxygens (including phenoxy) is 3. The molecular weight excluding hydrogens is 264 g/mol. The van der Waals surface area contributed by atoms with Gasteiger partial charge in [0.2, 0.25) is 6.41 Å². The lowest BCUT2D eigenvalue weighted by molar-refractivity contribution is -0.119. The minimum atomic E-state index is 0.143. The highest BCUT2D eigenvalue weighted by Crippen LogP contribution is 1.84. The second-order valence-electron chi connectivity index (χ2n) is 3.96. The standard InChI is InChI=1S/C13H26N2O5/c1-2-18-6-3-13(17)11-14-4-7-19-9-10-20-8-5-15-12-16/h12,14H,2-11H2,1H3,(H,15,16). The molecule has 2 N–H and O–H groups in total. The van der Waals surface area contributed by atoms with Crippen molar-refractivity contribution in [2.45, 2.75) is 13.3 Å². The lowest BCUT2D eigenvalue weighted by Gasteiger charge is -2.07. The summed E-state index contributed by atoms with van der Waals surface area (Å²) < 4.78 is 15.6. The molecule has 20 heavy (non-hydrogen) atoms. The van der Waals surface area contributed by atoms with Gasteiger partial charge in [-0.1, -0.05) is 0 Å². The van der Waals surface area contributed by atoms with Gasteiger partial charge < -0.3 is 24.8 Å². The highest BCUT2D eigenvalue weighted by atomic mass is 16.5. The van der Waals surface area contributed by atoms with Crippen molar-refractivity contribution in [2.24, 2.45) is 0 Å². The van der Waals surface area contributed by atoms with Gasteiger partial charge in [0.1, 0.15) is 5.78 Å². The van der Waals surface area contributed by atoms with Gasteiger partial charge in [0, 0.05) is 26.1 Å². The summed E-state index contributed by atoms with van der Waals surface area (Å²) in [7, 11) is 0. The first-order chi connectivity index (χ1) is 9.81. The van der Waals surface area contributed by atoms with Gasteiger partial charge in [-0.05, 0) is 6.92 Å². The van der Waals surface area contributed by atoms with Crippen LogP contribution < -0.4 is 10.6 Å². The van der Waals surface area contributed by atoms with Crippen LogP contribution in [0.5, 0.6) is 0 Å². The van der Waals surface area contributed by atoms with Gasteiger partial charge in [0.25, 0.3) is 0 Å². The summed E-state index contributed by atoms with van der Waals surface area (Å²) in [5.41, 5.74) is 0. The Morgan fingerprint density at radius 2 is 1.70 bits per heavy atom. The van der Waals surface area contributed by atoms with E-state index < -0.39 is 0 Å². The first-order valence-corrected chi connectivity index (χ1v) is 6.94. The van der Waals surface area contributed by atoms with Gasteiger partial charge >= 0.3 is 0 Å². The molecule has 0 bridgehead atoms. The number of hydrogen-bond donors (Lipinski definition) is 2. The minimum absolute atomic E-state index is 0.143. The molecule has 0 aliphatic carbocycles. The zero-order valence-electron chi connectivity index (χ0n) is 12.2. The number of rotatable bonds is 16. The fourth-order valence-corrected chi connectivity index (χ4v) is 1.30. The van der Waals surface area contributed by atoms with Crippen molar-refractivity contribution in [1.29, 1.82) is 0 Å². The zero-order valence-corrected chi connectivity index (χ0v) is 12.2. The van der Waals surface area contributed by atoms with Gasteiger partial charge in [-0.15, -0.1) is 0 Å². The lowest BCUT2D eigenvalue weighted by Crippen LogP contribution is -2.27. The number of hydrogen-bond acceptors (Lipinski definition) is 6. The summed E-state index contributed by atoms with van der Waals surface area (Å²) in [6, 6.07) is 0. The third-order valence-electron chi connectivity index (χ3n) is 2.32. The molecule has 0 aliphatic rings. The van der Waals surface area contributed by atoms with Crippen LogP contribution in [-0.4, -0.2) is 71.5 Å². The van der Waals surface area contributed by atoms with E-state index in [0.717, 1.165) is 0 Å². The first-order valence-electron chi connectivity index (χ1n) is 6.94. The van der Waals surface area contributed by atoms with E-state index in [1.54, 1.807) is 0 Å². The van der Waals surface area contributed by atoms with Crippen molar-refractivity contribution in [3.05, 3.63) is 0 Å². The van der Waals surface area contributed by atoms with E-state index in [2.05, 4.69) is 10.6 Å². The molecule has 0 fully saturated rings. The van der Waals surface area contributed by atoms with Crippen molar-refractivity contribution in [2.75, 3.05) is 59.3 Å². The largest absolute Gasteiger partial charge is 0.381 e. The fourth-order valence-electron chi connectivity index (χ4n) is 1.30. The van der Waals surface area contributed by atoms with E-state index in [-0.39, 0.29) is 5.78 Å². The molecule has 0 saturated carbocycles. The fraction of sp³-hybridized carbons (Fsp3) is 0.846. The molecule has 118 valence electrons. The second-order valence-corrected chi connectivity index (χ2v) is 3.96. The molecule has 0 radical (unpaired) electrons. The molecule has 1 amide bonds. The van der Waals surface area contributed by atoms with Crippen molar-refractivity contribution in [3.8, 4) is 0 Å². The van der Waals surface area contributed by atoms with Gasteiger partial charge in [-0.2, -0.15) is 0 Å². The van der Waals surface area contributed by atoms with Crippen LogP contribution in [0.15, 0.2) is 0 Å². The number of ketones is 1. The molecular formula is C13H26N2O5. The van der Waals surface area contributed by atoms with E-state index in [0.29, 0.717) is 72.1 Å². The maximum atomic E-state index is 11.3. The van der Waals surface area contributed by atoms with Crippen LogP contribution in [0, 0.1) is 0 Å². The van der Waals surface area contributed by atoms with Crippen molar-refractivity contribution >= 4 is 12.2 Å². The molecule has 0 saturated heterocycles. The molecule has 0 unspecified atom stereocenters. The summed E-state index contributed by atoms with van der Waals surface area (Å²) in [5.74, 6) is 0.143. The van der Waals surface area contributed by atoms with Crippen LogP contribution in [0.4, 0.5) is 0 Å². The Morgan fingerprint density at radius 3 is 2.35 bits per heavy atom. The molecule has 0 aromatic rings. The predicted molar refractivity (Wildman–Crippen MR) is 74.7 cm³/mol. The number of amides is 1. The average molecular weight is 290 g/mol. The summed E-state index contributed by atoms with van der Waals surface area (Å²) >= 11 is 0. The topological polar surface area (TPSA) is 85.9 Å². The van der Waals surface area contributed by atoms with Crippen molar-refractivity contribution in [3.63, 3.8) is 0 Å². The summed E-state index contributed by atoms with van der Waals surface area (Å²) in [4.78, 5) is 21.3. The Balaban J connectivity index is 3.08. The Bertz CT molecular complexity index is 239. The summed E-state index contributed by atoms with van der Waals surface area (Å²) in [6.07, 6.45) is 1.09. The van der Waals surface area contributed by atoms with E-state index in [4.69, 9.17) is 14.2 Å². The Hall–Kier alpha value is -1.02. The van der Waals surface area contributed by atoms with Crippen LogP contribution in [0.25, 0.3) is 0 Å². The quantitative estimate of drug-likeness (QED) is 0.290. The van der Waals surface area contributed by atoms with Gasteiger partial charge in [0.15, 0.2) is 0 Å². The van der Waals surface area contributed by atoms with Crippen molar-refractivity contribution in [1.82, 2.24) is 10.6 Å². The Morgan fingerprint density at radius 1 is 1.00 bits per heavy atom. The van der Waals surface area contributed by atoms with Gasteiger partial charge in [0.05, 0.1) is 39.6 Å². The van der Waals surface area contributed by atoms with Crippen LogP contribution >= 0.6 is 0 Å². The first kappa shape index (κ1) is 19.0. The minimum Gasteiger partial charge on any atom is -0.381 e. The second kappa shape index (κ2) is 16.0. The zero-order chi connectivity index (χ0) is 14.9.